The van der Waals surface area contributed by atoms with Crippen LogP contribution in [0.25, 0.3) is 16.6 Å². The van der Waals surface area contributed by atoms with E-state index in [1.807, 2.05) is 47.0 Å². The molecule has 94 valence electrons. The number of carbonyl (C=O) groups is 1. The molecule has 0 aliphatic heterocycles. The Kier molecular flexibility index (Phi) is 2.60. The zero-order chi connectivity index (χ0) is 13.4. The Bertz CT molecular complexity index is 771. The third kappa shape index (κ3) is 1.80. The fourth-order valence-corrected chi connectivity index (χ4v) is 2.34. The Morgan fingerprint density at radius 3 is 2.53 bits per heavy atom. The fourth-order valence-electron chi connectivity index (χ4n) is 2.34. The van der Waals surface area contributed by atoms with Crippen LogP contribution in [0.5, 0.6) is 5.75 Å². The van der Waals surface area contributed by atoms with Crippen molar-refractivity contribution in [3.8, 4) is 11.4 Å². The van der Waals surface area contributed by atoms with Gasteiger partial charge in [-0.15, -0.1) is 0 Å². The van der Waals surface area contributed by atoms with Gasteiger partial charge in [-0.2, -0.15) is 0 Å². The molecule has 0 spiro atoms. The first-order chi connectivity index (χ1) is 9.18. The number of Topliss-reactive ketones (excluding diaryl/α,β-unsaturated/α-hetero) is 1. The standard InChI is InChI=1S/C16H13NO2/c1-11(18)12-6-2-4-8-14(12)17-10-16(19)13-7-3-5-9-15(13)17/h2-10,19H,1H3. The molecule has 0 unspecified atom stereocenters. The minimum atomic E-state index is 0.00729. The number of aromatic hydroxyl groups is 1. The number of hydrogen-bond acceptors (Lipinski definition) is 2. The van der Waals surface area contributed by atoms with Gasteiger partial charge in [0, 0.05) is 10.9 Å². The van der Waals surface area contributed by atoms with Gasteiger partial charge in [-0.25, -0.2) is 0 Å². The number of rotatable bonds is 2. The van der Waals surface area contributed by atoms with Crippen LogP contribution in [0.4, 0.5) is 0 Å². The first-order valence-electron chi connectivity index (χ1n) is 6.08. The van der Waals surface area contributed by atoms with Crippen LogP contribution in [0.2, 0.25) is 0 Å². The molecular formula is C16H13NO2. The normalized spacial score (nSPS) is 10.8. The number of hydrogen-bond donors (Lipinski definition) is 1. The first-order valence-corrected chi connectivity index (χ1v) is 6.08. The van der Waals surface area contributed by atoms with Crippen LogP contribution in [0.3, 0.4) is 0 Å². The Labute approximate surface area is 110 Å². The molecule has 2 aromatic carbocycles. The summed E-state index contributed by atoms with van der Waals surface area (Å²) in [6, 6.07) is 15.0. The van der Waals surface area contributed by atoms with Crippen LogP contribution < -0.4 is 0 Å². The van der Waals surface area contributed by atoms with E-state index in [2.05, 4.69) is 0 Å². The lowest BCUT2D eigenvalue weighted by atomic mass is 10.1. The van der Waals surface area contributed by atoms with E-state index < -0.39 is 0 Å². The monoisotopic (exact) mass is 251 g/mol. The zero-order valence-corrected chi connectivity index (χ0v) is 10.5. The summed E-state index contributed by atoms with van der Waals surface area (Å²) in [7, 11) is 0. The summed E-state index contributed by atoms with van der Waals surface area (Å²) in [6.07, 6.45) is 1.65. The lowest BCUT2D eigenvalue weighted by Gasteiger charge is -2.09. The highest BCUT2D eigenvalue weighted by atomic mass is 16.3. The molecule has 3 aromatic rings. The van der Waals surface area contributed by atoms with E-state index in [0.717, 1.165) is 16.6 Å². The smallest absolute Gasteiger partial charge is 0.161 e. The van der Waals surface area contributed by atoms with Crippen LogP contribution in [0.15, 0.2) is 54.7 Å². The summed E-state index contributed by atoms with van der Waals surface area (Å²) in [5.41, 5.74) is 2.31. The molecule has 0 bridgehead atoms. The summed E-state index contributed by atoms with van der Waals surface area (Å²) < 4.78 is 1.85. The van der Waals surface area contributed by atoms with Gasteiger partial charge in [-0.1, -0.05) is 24.3 Å². The molecule has 0 saturated carbocycles. The highest BCUT2D eigenvalue weighted by Gasteiger charge is 2.12. The number of para-hydroxylation sites is 2. The van der Waals surface area contributed by atoms with E-state index in [0.29, 0.717) is 5.56 Å². The summed E-state index contributed by atoms with van der Waals surface area (Å²) in [4.78, 5) is 11.7. The van der Waals surface area contributed by atoms with Crippen molar-refractivity contribution in [2.45, 2.75) is 6.92 Å². The van der Waals surface area contributed by atoms with Gasteiger partial charge < -0.3 is 9.67 Å². The van der Waals surface area contributed by atoms with E-state index in [-0.39, 0.29) is 11.5 Å². The molecule has 19 heavy (non-hydrogen) atoms. The molecule has 0 radical (unpaired) electrons. The number of fused-ring (bicyclic) bond motifs is 1. The van der Waals surface area contributed by atoms with Gasteiger partial charge in [0.05, 0.1) is 17.4 Å². The van der Waals surface area contributed by atoms with Crippen molar-refractivity contribution < 1.29 is 9.90 Å². The highest BCUT2D eigenvalue weighted by Crippen LogP contribution is 2.30. The minimum absolute atomic E-state index is 0.00729. The molecule has 0 amide bonds. The second kappa shape index (κ2) is 4.28. The Hall–Kier alpha value is -2.55. The van der Waals surface area contributed by atoms with Crippen LogP contribution in [-0.2, 0) is 0 Å². The van der Waals surface area contributed by atoms with Gasteiger partial charge in [-0.3, -0.25) is 4.79 Å². The quantitative estimate of drug-likeness (QED) is 0.708. The number of aromatic nitrogens is 1. The Morgan fingerprint density at radius 1 is 1.05 bits per heavy atom. The van der Waals surface area contributed by atoms with Crippen LogP contribution in [-0.4, -0.2) is 15.5 Å². The SMILES string of the molecule is CC(=O)c1ccccc1-n1cc(O)c2ccccc21. The molecule has 1 aromatic heterocycles. The van der Waals surface area contributed by atoms with Gasteiger partial charge >= 0.3 is 0 Å². The zero-order valence-electron chi connectivity index (χ0n) is 10.5. The van der Waals surface area contributed by atoms with Crippen molar-refractivity contribution in [2.24, 2.45) is 0 Å². The van der Waals surface area contributed by atoms with E-state index in [1.54, 1.807) is 19.2 Å². The maximum atomic E-state index is 11.7. The summed E-state index contributed by atoms with van der Waals surface area (Å²) in [5, 5.41) is 10.8. The molecule has 3 nitrogen and oxygen atoms in total. The second-order valence-corrected chi connectivity index (χ2v) is 4.47. The van der Waals surface area contributed by atoms with Crippen LogP contribution in [0.1, 0.15) is 17.3 Å². The van der Waals surface area contributed by atoms with Crippen molar-refractivity contribution in [1.82, 2.24) is 4.57 Å². The lowest BCUT2D eigenvalue weighted by Crippen LogP contribution is -2.01. The highest BCUT2D eigenvalue weighted by molar-refractivity contribution is 5.99. The third-order valence-electron chi connectivity index (χ3n) is 3.23. The number of carbonyl (C=O) groups excluding carboxylic acids is 1. The van der Waals surface area contributed by atoms with Gasteiger partial charge in [0.2, 0.25) is 0 Å². The second-order valence-electron chi connectivity index (χ2n) is 4.47. The van der Waals surface area contributed by atoms with E-state index in [1.165, 1.54) is 0 Å². The average Bonchev–Trinajstić information content (AvgIpc) is 2.77. The van der Waals surface area contributed by atoms with Gasteiger partial charge in [0.15, 0.2) is 5.78 Å². The van der Waals surface area contributed by atoms with E-state index in [9.17, 15) is 9.90 Å². The first kappa shape index (κ1) is 11.5. The predicted molar refractivity (Wildman–Crippen MR) is 74.9 cm³/mol. The van der Waals surface area contributed by atoms with E-state index in [4.69, 9.17) is 0 Å². The molecule has 0 saturated heterocycles. The molecule has 3 rings (SSSR count). The van der Waals surface area contributed by atoms with Crippen molar-refractivity contribution >= 4 is 16.7 Å². The fraction of sp³-hybridized carbons (Fsp3) is 0.0625. The van der Waals surface area contributed by atoms with Crippen LogP contribution >= 0.6 is 0 Å². The van der Waals surface area contributed by atoms with Gasteiger partial charge in [-0.05, 0) is 31.2 Å². The molecular weight excluding hydrogens is 238 g/mol. The van der Waals surface area contributed by atoms with Crippen LogP contribution in [0, 0.1) is 0 Å². The Balaban J connectivity index is 2.34. The van der Waals surface area contributed by atoms with Gasteiger partial charge in [0.1, 0.15) is 5.75 Å². The molecule has 1 N–H and O–H groups in total. The number of nitrogens with zero attached hydrogens (tertiary/aromatic N) is 1. The van der Waals surface area contributed by atoms with Crippen molar-refractivity contribution in [3.63, 3.8) is 0 Å². The topological polar surface area (TPSA) is 42.2 Å². The van der Waals surface area contributed by atoms with E-state index >= 15 is 0 Å². The van der Waals surface area contributed by atoms with Crippen molar-refractivity contribution in [2.75, 3.05) is 0 Å². The molecule has 0 fully saturated rings. The predicted octanol–water partition coefficient (Wildman–Crippen LogP) is 3.54. The number of ketones is 1. The molecule has 0 aliphatic rings. The molecule has 0 atom stereocenters. The summed E-state index contributed by atoms with van der Waals surface area (Å²) >= 11 is 0. The number of benzene rings is 2. The van der Waals surface area contributed by atoms with Crippen molar-refractivity contribution in [3.05, 3.63) is 60.3 Å². The third-order valence-corrected chi connectivity index (χ3v) is 3.23. The Morgan fingerprint density at radius 2 is 1.74 bits per heavy atom. The summed E-state index contributed by atoms with van der Waals surface area (Å²) in [5.74, 6) is 0.224. The molecule has 0 aliphatic carbocycles. The lowest BCUT2D eigenvalue weighted by molar-refractivity contribution is 0.101. The molecule has 1 heterocycles. The maximum Gasteiger partial charge on any atom is 0.161 e. The minimum Gasteiger partial charge on any atom is -0.506 e. The average molecular weight is 251 g/mol. The summed E-state index contributed by atoms with van der Waals surface area (Å²) in [6.45, 7) is 1.55. The molecule has 3 heteroatoms. The van der Waals surface area contributed by atoms with Crippen molar-refractivity contribution in [1.29, 1.82) is 0 Å². The maximum absolute atomic E-state index is 11.7. The van der Waals surface area contributed by atoms with Gasteiger partial charge in [0.25, 0.3) is 0 Å². The largest absolute Gasteiger partial charge is 0.506 e.